The zero-order valence-electron chi connectivity index (χ0n) is 21.3. The van der Waals surface area contributed by atoms with Crippen molar-refractivity contribution in [3.05, 3.63) is 64.8 Å². The molecule has 0 saturated heterocycles. The number of benzene rings is 2. The Labute approximate surface area is 211 Å². The molecular formula is C28H33N5O3. The third kappa shape index (κ3) is 4.37. The van der Waals surface area contributed by atoms with Gasteiger partial charge in [0, 0.05) is 42.5 Å². The monoisotopic (exact) mass is 487 g/mol. The van der Waals surface area contributed by atoms with Crippen molar-refractivity contribution < 1.29 is 14.6 Å². The van der Waals surface area contributed by atoms with Gasteiger partial charge in [0.15, 0.2) is 0 Å². The van der Waals surface area contributed by atoms with Gasteiger partial charge in [-0.25, -0.2) is 4.98 Å². The first-order valence-electron chi connectivity index (χ1n) is 12.4. The van der Waals surface area contributed by atoms with Crippen LogP contribution in [0.5, 0.6) is 5.75 Å². The quantitative estimate of drug-likeness (QED) is 0.497. The molecule has 0 unspecified atom stereocenters. The summed E-state index contributed by atoms with van der Waals surface area (Å²) >= 11 is 0. The van der Waals surface area contributed by atoms with Crippen LogP contribution in [-0.2, 0) is 29.6 Å². The number of hydrogen-bond acceptors (Lipinski definition) is 7. The second kappa shape index (κ2) is 9.43. The molecule has 0 aliphatic carbocycles. The Kier molecular flexibility index (Phi) is 6.30. The molecule has 2 N–H and O–H groups in total. The molecular weight excluding hydrogens is 454 g/mol. The van der Waals surface area contributed by atoms with Gasteiger partial charge in [0.25, 0.3) is 0 Å². The molecule has 0 spiro atoms. The summed E-state index contributed by atoms with van der Waals surface area (Å²) in [6.07, 6.45) is 3.67. The number of rotatable bonds is 7. The molecule has 2 aromatic carbocycles. The number of aliphatic carboxylic acids is 1. The Morgan fingerprint density at radius 2 is 2.06 bits per heavy atom. The first-order valence-corrected chi connectivity index (χ1v) is 12.4. The van der Waals surface area contributed by atoms with E-state index < -0.39 is 11.4 Å². The number of nitrogens with one attached hydrogen (secondary N) is 1. The van der Waals surface area contributed by atoms with Gasteiger partial charge in [-0.1, -0.05) is 32.0 Å². The van der Waals surface area contributed by atoms with Crippen LogP contribution < -0.4 is 15.0 Å². The van der Waals surface area contributed by atoms with Gasteiger partial charge in [0.1, 0.15) is 11.6 Å². The van der Waals surface area contributed by atoms with Crippen molar-refractivity contribution in [1.29, 1.82) is 0 Å². The lowest BCUT2D eigenvalue weighted by Crippen LogP contribution is -2.31. The number of carboxylic acids is 1. The smallest absolute Gasteiger partial charge is 0.304 e. The van der Waals surface area contributed by atoms with E-state index in [1.807, 2.05) is 37.4 Å². The number of anilines is 4. The molecule has 2 aliphatic heterocycles. The molecule has 1 aromatic heterocycles. The predicted octanol–water partition coefficient (Wildman–Crippen LogP) is 4.66. The maximum Gasteiger partial charge on any atom is 0.304 e. The van der Waals surface area contributed by atoms with Gasteiger partial charge < -0.3 is 25.0 Å². The maximum atomic E-state index is 11.7. The molecule has 8 nitrogen and oxygen atoms in total. The van der Waals surface area contributed by atoms with Crippen LogP contribution in [0.15, 0.2) is 42.6 Å². The molecule has 0 saturated carbocycles. The number of methoxy groups -OCH3 is 1. The van der Waals surface area contributed by atoms with Crippen LogP contribution in [0.1, 0.15) is 42.5 Å². The summed E-state index contributed by atoms with van der Waals surface area (Å²) in [7, 11) is 3.81. The Morgan fingerprint density at radius 1 is 1.25 bits per heavy atom. The van der Waals surface area contributed by atoms with E-state index >= 15 is 0 Å². The van der Waals surface area contributed by atoms with Gasteiger partial charge in [-0.15, -0.1) is 0 Å². The van der Waals surface area contributed by atoms with E-state index in [9.17, 15) is 9.90 Å². The SMILES string of the molecule is CCc1cnc(Nc2cc3c(cc2OC)CCN(C)C3)nc1N1C[C@@](C)(CC(=O)O)c2ccccc21. The second-order valence-corrected chi connectivity index (χ2v) is 10.1. The van der Waals surface area contributed by atoms with Crippen molar-refractivity contribution >= 4 is 29.1 Å². The fourth-order valence-electron chi connectivity index (χ4n) is 5.47. The van der Waals surface area contributed by atoms with Crippen molar-refractivity contribution in [3.8, 4) is 5.75 Å². The molecule has 3 aromatic rings. The van der Waals surface area contributed by atoms with Gasteiger partial charge in [0.05, 0.1) is 19.2 Å². The minimum absolute atomic E-state index is 0.0545. The van der Waals surface area contributed by atoms with Gasteiger partial charge in [0.2, 0.25) is 5.95 Å². The lowest BCUT2D eigenvalue weighted by Gasteiger charge is -2.27. The van der Waals surface area contributed by atoms with E-state index in [1.54, 1.807) is 7.11 Å². The molecule has 5 rings (SSSR count). The number of para-hydroxylation sites is 1. The van der Waals surface area contributed by atoms with Crippen LogP contribution in [0, 0.1) is 0 Å². The average molecular weight is 488 g/mol. The van der Waals surface area contributed by atoms with Crippen LogP contribution in [-0.4, -0.2) is 53.2 Å². The lowest BCUT2D eigenvalue weighted by atomic mass is 9.81. The molecule has 1 atom stereocenters. The number of nitrogens with zero attached hydrogens (tertiary/aromatic N) is 4. The minimum atomic E-state index is -0.805. The van der Waals surface area contributed by atoms with Crippen LogP contribution in [0.2, 0.25) is 0 Å². The first-order chi connectivity index (χ1) is 17.3. The second-order valence-electron chi connectivity index (χ2n) is 10.1. The largest absolute Gasteiger partial charge is 0.495 e. The summed E-state index contributed by atoms with van der Waals surface area (Å²) in [4.78, 5) is 25.7. The number of aryl methyl sites for hydroxylation is 1. The fraction of sp³-hybridized carbons (Fsp3) is 0.393. The molecule has 8 heteroatoms. The number of carbonyl (C=O) groups is 1. The van der Waals surface area contributed by atoms with E-state index in [0.717, 1.165) is 60.0 Å². The highest BCUT2D eigenvalue weighted by atomic mass is 16.5. The highest BCUT2D eigenvalue weighted by Gasteiger charge is 2.42. The number of likely N-dealkylation sites (N-methyl/N-ethyl adjacent to an activating group) is 1. The lowest BCUT2D eigenvalue weighted by molar-refractivity contribution is -0.138. The van der Waals surface area contributed by atoms with Crippen molar-refractivity contribution in [1.82, 2.24) is 14.9 Å². The number of carboxylic acid groups (broad SMARTS) is 1. The summed E-state index contributed by atoms with van der Waals surface area (Å²) in [6.45, 7) is 6.56. The zero-order valence-corrected chi connectivity index (χ0v) is 21.3. The van der Waals surface area contributed by atoms with Gasteiger partial charge in [-0.05, 0) is 54.8 Å². The Balaban J connectivity index is 1.53. The van der Waals surface area contributed by atoms with E-state index in [1.165, 1.54) is 11.1 Å². The molecule has 0 fully saturated rings. The standard InChI is InChI=1S/C28H33N5O3/c1-5-18-15-29-27(30-22-12-20-16-32(3)11-10-19(20)13-24(22)36-4)31-26(18)33-17-28(2,14-25(34)35)21-8-6-7-9-23(21)33/h6-9,12-13,15H,5,10-11,14,16-17H2,1-4H3,(H,34,35)(H,29,30,31)/t28-/m1/s1. The molecule has 0 amide bonds. The molecule has 0 radical (unpaired) electrons. The first kappa shape index (κ1) is 24.1. The van der Waals surface area contributed by atoms with Crippen LogP contribution >= 0.6 is 0 Å². The van der Waals surface area contributed by atoms with Crippen LogP contribution in [0.25, 0.3) is 0 Å². The molecule has 36 heavy (non-hydrogen) atoms. The number of ether oxygens (including phenoxy) is 1. The van der Waals surface area contributed by atoms with Crippen LogP contribution in [0.3, 0.4) is 0 Å². The summed E-state index contributed by atoms with van der Waals surface area (Å²) in [5, 5.41) is 13.0. The predicted molar refractivity (Wildman–Crippen MR) is 141 cm³/mol. The van der Waals surface area contributed by atoms with E-state index in [4.69, 9.17) is 9.72 Å². The average Bonchev–Trinajstić information content (AvgIpc) is 3.15. The third-order valence-corrected chi connectivity index (χ3v) is 7.34. The molecule has 2 aliphatic rings. The highest BCUT2D eigenvalue weighted by molar-refractivity contribution is 5.77. The normalized spacial score (nSPS) is 19.1. The number of fused-ring (bicyclic) bond motifs is 2. The van der Waals surface area contributed by atoms with E-state index in [0.29, 0.717) is 12.5 Å². The maximum absolute atomic E-state index is 11.7. The number of hydrogen-bond donors (Lipinski definition) is 2. The number of aromatic nitrogens is 2. The Bertz CT molecular complexity index is 1310. The van der Waals surface area contributed by atoms with Crippen molar-refractivity contribution in [2.24, 2.45) is 0 Å². The van der Waals surface area contributed by atoms with E-state index in [-0.39, 0.29) is 6.42 Å². The topological polar surface area (TPSA) is 90.8 Å². The summed E-state index contributed by atoms with van der Waals surface area (Å²) < 4.78 is 5.70. The van der Waals surface area contributed by atoms with Gasteiger partial charge in [-0.2, -0.15) is 4.98 Å². The van der Waals surface area contributed by atoms with Crippen molar-refractivity contribution in [3.63, 3.8) is 0 Å². The van der Waals surface area contributed by atoms with Gasteiger partial charge in [-0.3, -0.25) is 4.79 Å². The summed E-state index contributed by atoms with van der Waals surface area (Å²) in [5.74, 6) is 1.24. The van der Waals surface area contributed by atoms with Crippen LogP contribution in [0.4, 0.5) is 23.1 Å². The Hall–Kier alpha value is -3.65. The van der Waals surface area contributed by atoms with Gasteiger partial charge >= 0.3 is 5.97 Å². The van der Waals surface area contributed by atoms with E-state index in [2.05, 4.69) is 46.2 Å². The summed E-state index contributed by atoms with van der Waals surface area (Å²) in [6, 6.07) is 12.3. The Morgan fingerprint density at radius 3 is 2.81 bits per heavy atom. The highest BCUT2D eigenvalue weighted by Crippen LogP contribution is 2.46. The van der Waals surface area contributed by atoms with Crippen molar-refractivity contribution in [2.45, 2.75) is 45.1 Å². The summed E-state index contributed by atoms with van der Waals surface area (Å²) in [5.41, 5.74) is 5.94. The fourth-order valence-corrected chi connectivity index (χ4v) is 5.47. The molecule has 3 heterocycles. The zero-order chi connectivity index (χ0) is 25.4. The molecule has 0 bridgehead atoms. The molecule has 188 valence electrons. The van der Waals surface area contributed by atoms with Crippen molar-refractivity contribution in [2.75, 3.05) is 37.5 Å². The third-order valence-electron chi connectivity index (χ3n) is 7.34. The minimum Gasteiger partial charge on any atom is -0.495 e.